The van der Waals surface area contributed by atoms with Gasteiger partial charge in [-0.15, -0.1) is 0 Å². The fourth-order valence-corrected chi connectivity index (χ4v) is 1.34. The summed E-state index contributed by atoms with van der Waals surface area (Å²) in [5.41, 5.74) is 0.549. The van der Waals surface area contributed by atoms with Gasteiger partial charge in [0.1, 0.15) is 0 Å². The van der Waals surface area contributed by atoms with E-state index in [1.807, 2.05) is 6.08 Å². The fourth-order valence-electron chi connectivity index (χ4n) is 1.34. The van der Waals surface area contributed by atoms with E-state index in [9.17, 15) is 4.79 Å². The van der Waals surface area contributed by atoms with Crippen molar-refractivity contribution < 1.29 is 9.90 Å². The van der Waals surface area contributed by atoms with Gasteiger partial charge in [0.2, 0.25) is 0 Å². The topological polar surface area (TPSA) is 49.3 Å². The third-order valence-electron chi connectivity index (χ3n) is 2.15. The summed E-state index contributed by atoms with van der Waals surface area (Å²) in [4.78, 5) is 10.6. The molecule has 12 heavy (non-hydrogen) atoms. The molecule has 1 heterocycles. The molecule has 3 heteroatoms. The molecule has 1 aliphatic rings. The van der Waals surface area contributed by atoms with Crippen molar-refractivity contribution in [2.24, 2.45) is 5.92 Å². The molecule has 0 saturated heterocycles. The SMILES string of the molecule is CC(C)C1C=C(C(=O)O)CCN1. The largest absolute Gasteiger partial charge is 0.478 e. The number of hydrogen-bond donors (Lipinski definition) is 2. The number of carboxylic acid groups (broad SMARTS) is 1. The van der Waals surface area contributed by atoms with Gasteiger partial charge in [-0.3, -0.25) is 0 Å². The highest BCUT2D eigenvalue weighted by Crippen LogP contribution is 2.13. The second kappa shape index (κ2) is 3.72. The Labute approximate surface area is 72.5 Å². The van der Waals surface area contributed by atoms with Crippen LogP contribution in [-0.2, 0) is 4.79 Å². The van der Waals surface area contributed by atoms with E-state index in [-0.39, 0.29) is 6.04 Å². The Bertz CT molecular complexity index is 209. The van der Waals surface area contributed by atoms with E-state index in [1.54, 1.807) is 0 Å². The maximum Gasteiger partial charge on any atom is 0.331 e. The first-order valence-corrected chi connectivity index (χ1v) is 4.28. The van der Waals surface area contributed by atoms with Gasteiger partial charge in [-0.1, -0.05) is 19.9 Å². The van der Waals surface area contributed by atoms with Crippen LogP contribution in [0.4, 0.5) is 0 Å². The summed E-state index contributed by atoms with van der Waals surface area (Å²) in [6, 6.07) is 0.227. The van der Waals surface area contributed by atoms with E-state index in [0.717, 1.165) is 6.54 Å². The van der Waals surface area contributed by atoms with Crippen LogP contribution in [0.25, 0.3) is 0 Å². The summed E-state index contributed by atoms with van der Waals surface area (Å²) < 4.78 is 0. The van der Waals surface area contributed by atoms with Gasteiger partial charge in [0.05, 0.1) is 0 Å². The van der Waals surface area contributed by atoms with Crippen LogP contribution in [0.5, 0.6) is 0 Å². The average molecular weight is 169 g/mol. The Balaban J connectivity index is 2.70. The number of carboxylic acids is 1. The van der Waals surface area contributed by atoms with Crippen LogP contribution >= 0.6 is 0 Å². The molecule has 0 bridgehead atoms. The summed E-state index contributed by atoms with van der Waals surface area (Å²) in [6.07, 6.45) is 2.47. The molecule has 0 radical (unpaired) electrons. The Morgan fingerprint density at radius 3 is 2.92 bits per heavy atom. The van der Waals surface area contributed by atoms with E-state index >= 15 is 0 Å². The zero-order chi connectivity index (χ0) is 9.14. The van der Waals surface area contributed by atoms with E-state index in [4.69, 9.17) is 5.11 Å². The number of carbonyl (C=O) groups is 1. The number of aliphatic carboxylic acids is 1. The van der Waals surface area contributed by atoms with Crippen molar-refractivity contribution >= 4 is 5.97 Å². The molecule has 0 aromatic heterocycles. The lowest BCUT2D eigenvalue weighted by molar-refractivity contribution is -0.132. The summed E-state index contributed by atoms with van der Waals surface area (Å²) in [5.74, 6) is -0.318. The first kappa shape index (κ1) is 9.26. The smallest absolute Gasteiger partial charge is 0.331 e. The second-order valence-electron chi connectivity index (χ2n) is 3.47. The Morgan fingerprint density at radius 2 is 2.42 bits per heavy atom. The molecule has 0 saturated carbocycles. The van der Waals surface area contributed by atoms with Crippen LogP contribution in [0.2, 0.25) is 0 Å². The maximum atomic E-state index is 10.6. The van der Waals surface area contributed by atoms with Crippen molar-refractivity contribution in [1.29, 1.82) is 0 Å². The van der Waals surface area contributed by atoms with Gasteiger partial charge >= 0.3 is 5.97 Å². The Morgan fingerprint density at radius 1 is 1.75 bits per heavy atom. The number of hydrogen-bond acceptors (Lipinski definition) is 2. The quantitative estimate of drug-likeness (QED) is 0.648. The van der Waals surface area contributed by atoms with Crippen LogP contribution in [-0.4, -0.2) is 23.7 Å². The molecule has 0 aliphatic carbocycles. The van der Waals surface area contributed by atoms with Crippen LogP contribution in [0, 0.1) is 5.92 Å². The lowest BCUT2D eigenvalue weighted by Gasteiger charge is -2.24. The predicted octanol–water partition coefficient (Wildman–Crippen LogP) is 1.02. The Kier molecular flexibility index (Phi) is 2.87. The highest BCUT2D eigenvalue weighted by Gasteiger charge is 2.18. The third-order valence-corrected chi connectivity index (χ3v) is 2.15. The highest BCUT2D eigenvalue weighted by molar-refractivity contribution is 5.86. The summed E-state index contributed by atoms with van der Waals surface area (Å²) in [6.45, 7) is 4.94. The van der Waals surface area contributed by atoms with E-state index < -0.39 is 5.97 Å². The maximum absolute atomic E-state index is 10.6. The summed E-state index contributed by atoms with van der Waals surface area (Å²) >= 11 is 0. The zero-order valence-electron chi connectivity index (χ0n) is 7.50. The summed E-state index contributed by atoms with van der Waals surface area (Å²) in [7, 11) is 0. The fraction of sp³-hybridized carbons (Fsp3) is 0.667. The molecular weight excluding hydrogens is 154 g/mol. The molecule has 0 fully saturated rings. The average Bonchev–Trinajstić information content (AvgIpc) is 2.04. The van der Waals surface area contributed by atoms with Crippen LogP contribution in [0.1, 0.15) is 20.3 Å². The molecular formula is C9H15NO2. The minimum atomic E-state index is -0.776. The predicted molar refractivity (Wildman–Crippen MR) is 47.0 cm³/mol. The third kappa shape index (κ3) is 2.08. The molecule has 0 aromatic carbocycles. The minimum Gasteiger partial charge on any atom is -0.478 e. The molecule has 1 rings (SSSR count). The second-order valence-corrected chi connectivity index (χ2v) is 3.47. The van der Waals surface area contributed by atoms with Crippen molar-refractivity contribution in [1.82, 2.24) is 5.32 Å². The van der Waals surface area contributed by atoms with Gasteiger partial charge in [-0.05, 0) is 18.9 Å². The van der Waals surface area contributed by atoms with Gasteiger partial charge in [0.15, 0.2) is 0 Å². The highest BCUT2D eigenvalue weighted by atomic mass is 16.4. The van der Waals surface area contributed by atoms with Gasteiger partial charge in [0, 0.05) is 11.6 Å². The number of rotatable bonds is 2. The minimum absolute atomic E-state index is 0.227. The van der Waals surface area contributed by atoms with Crippen LogP contribution in [0.3, 0.4) is 0 Å². The van der Waals surface area contributed by atoms with Crippen molar-refractivity contribution in [3.63, 3.8) is 0 Å². The van der Waals surface area contributed by atoms with Crippen molar-refractivity contribution in [2.45, 2.75) is 26.3 Å². The molecule has 3 nitrogen and oxygen atoms in total. The molecule has 1 aliphatic heterocycles. The van der Waals surface area contributed by atoms with Gasteiger partial charge in [-0.2, -0.15) is 0 Å². The monoisotopic (exact) mass is 169 g/mol. The first-order chi connectivity index (χ1) is 5.61. The molecule has 68 valence electrons. The van der Waals surface area contributed by atoms with E-state index in [2.05, 4.69) is 19.2 Å². The molecule has 1 unspecified atom stereocenters. The molecule has 2 N–H and O–H groups in total. The zero-order valence-corrected chi connectivity index (χ0v) is 7.50. The van der Waals surface area contributed by atoms with E-state index in [1.165, 1.54) is 0 Å². The first-order valence-electron chi connectivity index (χ1n) is 4.28. The van der Waals surface area contributed by atoms with Crippen molar-refractivity contribution in [2.75, 3.05) is 6.54 Å². The number of nitrogens with one attached hydrogen (secondary N) is 1. The van der Waals surface area contributed by atoms with Gasteiger partial charge < -0.3 is 10.4 Å². The molecule has 0 aromatic rings. The van der Waals surface area contributed by atoms with Gasteiger partial charge in [-0.25, -0.2) is 4.79 Å². The van der Waals surface area contributed by atoms with E-state index in [0.29, 0.717) is 17.9 Å². The molecule has 0 amide bonds. The lowest BCUT2D eigenvalue weighted by Crippen LogP contribution is -2.37. The summed E-state index contributed by atoms with van der Waals surface area (Å²) in [5, 5.41) is 12.0. The lowest BCUT2D eigenvalue weighted by atomic mass is 9.96. The molecule has 0 spiro atoms. The standard InChI is InChI=1S/C9H15NO2/c1-6(2)8-5-7(9(11)12)3-4-10-8/h5-6,8,10H,3-4H2,1-2H3,(H,11,12). The van der Waals surface area contributed by atoms with Crippen LogP contribution in [0.15, 0.2) is 11.6 Å². The van der Waals surface area contributed by atoms with Crippen molar-refractivity contribution in [3.05, 3.63) is 11.6 Å². The van der Waals surface area contributed by atoms with Crippen LogP contribution < -0.4 is 5.32 Å². The van der Waals surface area contributed by atoms with Crippen molar-refractivity contribution in [3.8, 4) is 0 Å². The van der Waals surface area contributed by atoms with Gasteiger partial charge in [0.25, 0.3) is 0 Å². The Hall–Kier alpha value is -0.830. The molecule has 1 atom stereocenters. The normalized spacial score (nSPS) is 23.9.